The average Bonchev–Trinajstić information content (AvgIpc) is 3.70. The summed E-state index contributed by atoms with van der Waals surface area (Å²) in [5.74, 6) is 1.51. The quantitative estimate of drug-likeness (QED) is 0.200. The average molecular weight is 642 g/mol. The molecular weight excluding hydrogens is 611 g/mol. The van der Waals surface area contributed by atoms with Gasteiger partial charge in [-0.2, -0.15) is 0 Å². The lowest BCUT2D eigenvalue weighted by molar-refractivity contribution is 0.674. The monoisotopic (exact) mass is 641 g/mol. The lowest BCUT2D eigenvalue weighted by Gasteiger charge is -2.23. The number of hydrogen-bond acceptors (Lipinski definition) is 3. The predicted molar refractivity (Wildman–Crippen MR) is 207 cm³/mol. The second-order valence-electron chi connectivity index (χ2n) is 12.7. The van der Waals surface area contributed by atoms with Crippen LogP contribution in [0.4, 0.5) is 0 Å². The van der Waals surface area contributed by atoms with Crippen LogP contribution in [0.25, 0.3) is 55.0 Å². The summed E-state index contributed by atoms with van der Waals surface area (Å²) in [6.45, 7) is 0. The Morgan fingerprint density at radius 3 is 1.64 bits per heavy atom. The molecule has 50 heavy (non-hydrogen) atoms. The SMILES string of the molecule is c1ccc(C2=NC(c3cccc(-n4c5ccccc5c5cc6c7ccccc7n(-c7ccccc7)c6cc54)c3)=NC(c3ccccc3)N2)cc1. The Labute approximate surface area is 289 Å². The second-order valence-corrected chi connectivity index (χ2v) is 12.7. The van der Waals surface area contributed by atoms with Gasteiger partial charge in [0.15, 0.2) is 5.84 Å². The van der Waals surface area contributed by atoms with E-state index in [0.29, 0.717) is 5.84 Å². The van der Waals surface area contributed by atoms with Crippen LogP contribution in [0, 0.1) is 0 Å². The lowest BCUT2D eigenvalue weighted by Crippen LogP contribution is -2.33. The summed E-state index contributed by atoms with van der Waals surface area (Å²) >= 11 is 0. The van der Waals surface area contributed by atoms with Gasteiger partial charge in [-0.15, -0.1) is 0 Å². The van der Waals surface area contributed by atoms with E-state index in [0.717, 1.165) is 44.9 Å². The molecule has 0 bridgehead atoms. The molecule has 9 aromatic rings. The Morgan fingerprint density at radius 1 is 0.420 bits per heavy atom. The van der Waals surface area contributed by atoms with Crippen molar-refractivity contribution in [2.45, 2.75) is 6.17 Å². The molecule has 2 aromatic heterocycles. The van der Waals surface area contributed by atoms with Crippen LogP contribution in [0.3, 0.4) is 0 Å². The van der Waals surface area contributed by atoms with Crippen molar-refractivity contribution in [3.63, 3.8) is 0 Å². The zero-order valence-electron chi connectivity index (χ0n) is 27.1. The predicted octanol–water partition coefficient (Wildman–Crippen LogP) is 10.4. The number of aliphatic imine (C=N–C) groups is 2. The zero-order chi connectivity index (χ0) is 33.0. The molecule has 3 heterocycles. The van der Waals surface area contributed by atoms with E-state index in [1.165, 1.54) is 32.6 Å². The van der Waals surface area contributed by atoms with Crippen LogP contribution in [-0.4, -0.2) is 20.8 Å². The number of hydrogen-bond donors (Lipinski definition) is 1. The van der Waals surface area contributed by atoms with Crippen LogP contribution >= 0.6 is 0 Å². The maximum absolute atomic E-state index is 5.16. The smallest absolute Gasteiger partial charge is 0.159 e. The fraction of sp³-hybridized carbons (Fsp3) is 0.0222. The van der Waals surface area contributed by atoms with Crippen LogP contribution in [-0.2, 0) is 0 Å². The van der Waals surface area contributed by atoms with Gasteiger partial charge in [-0.1, -0.05) is 127 Å². The van der Waals surface area contributed by atoms with Crippen LogP contribution in [0.1, 0.15) is 22.9 Å². The van der Waals surface area contributed by atoms with Gasteiger partial charge in [-0.25, -0.2) is 9.98 Å². The number of aromatic nitrogens is 2. The number of nitrogens with one attached hydrogen (secondary N) is 1. The third-order valence-corrected chi connectivity index (χ3v) is 9.75. The van der Waals surface area contributed by atoms with E-state index in [4.69, 9.17) is 9.98 Å². The molecule has 1 aliphatic heterocycles. The molecule has 1 unspecified atom stereocenters. The summed E-state index contributed by atoms with van der Waals surface area (Å²) in [6, 6.07) is 62.1. The number of para-hydroxylation sites is 3. The third kappa shape index (κ3) is 4.55. The number of nitrogens with zero attached hydrogens (tertiary/aromatic N) is 4. The fourth-order valence-electron chi connectivity index (χ4n) is 7.48. The summed E-state index contributed by atoms with van der Waals surface area (Å²) < 4.78 is 4.77. The van der Waals surface area contributed by atoms with Crippen LogP contribution in [0.5, 0.6) is 0 Å². The highest BCUT2D eigenvalue weighted by atomic mass is 15.2. The number of fused-ring (bicyclic) bond motifs is 6. The van der Waals surface area contributed by atoms with Gasteiger partial charge in [0.1, 0.15) is 12.0 Å². The molecule has 236 valence electrons. The Hall–Kier alpha value is -6.72. The number of benzene rings is 7. The maximum Gasteiger partial charge on any atom is 0.159 e. The van der Waals surface area contributed by atoms with Crippen molar-refractivity contribution >= 4 is 55.3 Å². The van der Waals surface area contributed by atoms with Gasteiger partial charge in [0.05, 0.1) is 22.1 Å². The van der Waals surface area contributed by atoms with Gasteiger partial charge >= 0.3 is 0 Å². The van der Waals surface area contributed by atoms with E-state index >= 15 is 0 Å². The first-order chi connectivity index (χ1) is 24.8. The van der Waals surface area contributed by atoms with Crippen molar-refractivity contribution in [3.8, 4) is 11.4 Å². The van der Waals surface area contributed by atoms with E-state index in [2.05, 4.69) is 166 Å². The van der Waals surface area contributed by atoms with E-state index in [9.17, 15) is 0 Å². The first kappa shape index (κ1) is 28.3. The Morgan fingerprint density at radius 2 is 0.960 bits per heavy atom. The molecule has 0 spiro atoms. The molecule has 0 amide bonds. The van der Waals surface area contributed by atoms with E-state index in [1.807, 2.05) is 24.3 Å². The van der Waals surface area contributed by atoms with Crippen molar-refractivity contribution < 1.29 is 0 Å². The lowest BCUT2D eigenvalue weighted by atomic mass is 10.1. The van der Waals surface area contributed by atoms with Crippen molar-refractivity contribution in [2.24, 2.45) is 9.98 Å². The normalized spacial score (nSPS) is 14.6. The zero-order valence-corrected chi connectivity index (χ0v) is 27.1. The fourth-order valence-corrected chi connectivity index (χ4v) is 7.48. The standard InChI is InChI=1S/C45H31N5/c1-4-15-30(16-5-1)43-46-44(31-17-6-2-7-18-31)48-45(47-43)32-19-14-22-34(27-32)50-40-26-13-11-24-36(40)38-28-37-35-23-10-12-25-39(35)49(41(37)29-42(38)50)33-20-8-3-9-21-33/h1-29,43H,(H,46,47,48). The molecule has 0 saturated heterocycles. The largest absolute Gasteiger partial charge is 0.344 e. The maximum atomic E-state index is 5.16. The summed E-state index contributed by atoms with van der Waals surface area (Å²) in [5, 5.41) is 8.51. The molecule has 1 N–H and O–H groups in total. The summed E-state index contributed by atoms with van der Waals surface area (Å²) in [7, 11) is 0. The molecular formula is C45H31N5. The van der Waals surface area contributed by atoms with E-state index in [-0.39, 0.29) is 6.17 Å². The number of amidine groups is 2. The highest BCUT2D eigenvalue weighted by molar-refractivity contribution is 6.19. The first-order valence-electron chi connectivity index (χ1n) is 17.0. The van der Waals surface area contributed by atoms with Crippen molar-refractivity contribution in [3.05, 3.63) is 193 Å². The molecule has 0 saturated carbocycles. The third-order valence-electron chi connectivity index (χ3n) is 9.75. The van der Waals surface area contributed by atoms with Crippen LogP contribution in [0.2, 0.25) is 0 Å². The van der Waals surface area contributed by atoms with Gasteiger partial charge in [-0.05, 0) is 54.1 Å². The van der Waals surface area contributed by atoms with Gasteiger partial charge in [-0.3, -0.25) is 0 Å². The summed E-state index contributed by atoms with van der Waals surface area (Å²) in [6.07, 6.45) is -0.260. The van der Waals surface area contributed by atoms with Gasteiger partial charge < -0.3 is 14.5 Å². The minimum absolute atomic E-state index is 0.260. The molecule has 1 aliphatic rings. The highest BCUT2D eigenvalue weighted by Gasteiger charge is 2.22. The minimum atomic E-state index is -0.260. The van der Waals surface area contributed by atoms with Crippen molar-refractivity contribution in [2.75, 3.05) is 0 Å². The Balaban J connectivity index is 1.20. The summed E-state index contributed by atoms with van der Waals surface area (Å²) in [5.41, 5.74) is 9.96. The molecule has 0 radical (unpaired) electrons. The van der Waals surface area contributed by atoms with Crippen molar-refractivity contribution in [1.29, 1.82) is 0 Å². The molecule has 0 fully saturated rings. The van der Waals surface area contributed by atoms with Crippen LogP contribution < -0.4 is 5.32 Å². The Bertz CT molecular complexity index is 2770. The molecule has 7 aromatic carbocycles. The molecule has 5 heteroatoms. The molecule has 10 rings (SSSR count). The van der Waals surface area contributed by atoms with E-state index in [1.54, 1.807) is 0 Å². The van der Waals surface area contributed by atoms with Gasteiger partial charge in [0.2, 0.25) is 0 Å². The van der Waals surface area contributed by atoms with E-state index < -0.39 is 0 Å². The molecule has 0 aliphatic carbocycles. The summed E-state index contributed by atoms with van der Waals surface area (Å²) in [4.78, 5) is 10.3. The van der Waals surface area contributed by atoms with Crippen molar-refractivity contribution in [1.82, 2.24) is 14.5 Å². The second kappa shape index (κ2) is 11.5. The molecule has 1 atom stereocenters. The first-order valence-corrected chi connectivity index (χ1v) is 17.0. The topological polar surface area (TPSA) is 46.6 Å². The molecule has 5 nitrogen and oxygen atoms in total. The van der Waals surface area contributed by atoms with Gasteiger partial charge in [0, 0.05) is 44.0 Å². The number of rotatable bonds is 5. The van der Waals surface area contributed by atoms with Crippen LogP contribution in [0.15, 0.2) is 186 Å². The highest BCUT2D eigenvalue weighted by Crippen LogP contribution is 2.39. The van der Waals surface area contributed by atoms with Gasteiger partial charge in [0.25, 0.3) is 0 Å². The Kier molecular flexibility index (Phi) is 6.49. The minimum Gasteiger partial charge on any atom is -0.344 e.